The van der Waals surface area contributed by atoms with Gasteiger partial charge < -0.3 is 20.1 Å². The van der Waals surface area contributed by atoms with E-state index in [-0.39, 0.29) is 25.2 Å². The number of benzene rings is 4. The maximum absolute atomic E-state index is 12.9. The third-order valence-corrected chi connectivity index (χ3v) is 5.37. The minimum absolute atomic E-state index is 0.00418. The molecular formula is C29H25FN2O5. The number of esters is 1. The van der Waals surface area contributed by atoms with E-state index in [0.717, 1.165) is 16.5 Å². The fraction of sp³-hybridized carbons (Fsp3) is 0.138. The summed E-state index contributed by atoms with van der Waals surface area (Å²) in [5, 5.41) is 7.49. The predicted octanol–water partition coefficient (Wildman–Crippen LogP) is 6.06. The SMILES string of the molecule is O=C(CCCC(=O)OCC(=O)Nc1ccc(F)cc1)Nc1ccc(Oc2ccc3ccccc3c2)cc1. The number of hydrogen-bond donors (Lipinski definition) is 2. The van der Waals surface area contributed by atoms with Gasteiger partial charge in [-0.2, -0.15) is 0 Å². The number of anilines is 2. The molecule has 4 rings (SSSR count). The molecule has 0 heterocycles. The zero-order valence-corrected chi connectivity index (χ0v) is 19.9. The molecule has 0 aliphatic carbocycles. The van der Waals surface area contributed by atoms with E-state index in [1.807, 2.05) is 42.5 Å². The normalized spacial score (nSPS) is 10.5. The lowest BCUT2D eigenvalue weighted by molar-refractivity contribution is -0.147. The summed E-state index contributed by atoms with van der Waals surface area (Å²) in [5.74, 6) is -0.431. The van der Waals surface area contributed by atoms with Crippen molar-refractivity contribution >= 4 is 39.9 Å². The van der Waals surface area contributed by atoms with Crippen LogP contribution in [0.4, 0.5) is 15.8 Å². The first-order valence-corrected chi connectivity index (χ1v) is 11.7. The van der Waals surface area contributed by atoms with Gasteiger partial charge in [-0.3, -0.25) is 14.4 Å². The summed E-state index contributed by atoms with van der Waals surface area (Å²) in [6.45, 7) is -0.462. The van der Waals surface area contributed by atoms with Gasteiger partial charge in [0.2, 0.25) is 5.91 Å². The van der Waals surface area contributed by atoms with Gasteiger partial charge in [-0.25, -0.2) is 4.39 Å². The van der Waals surface area contributed by atoms with Crippen molar-refractivity contribution in [2.24, 2.45) is 0 Å². The molecule has 0 saturated carbocycles. The number of nitrogens with one attached hydrogen (secondary N) is 2. The van der Waals surface area contributed by atoms with Crippen molar-refractivity contribution in [2.45, 2.75) is 19.3 Å². The van der Waals surface area contributed by atoms with Crippen LogP contribution in [-0.4, -0.2) is 24.4 Å². The fourth-order valence-corrected chi connectivity index (χ4v) is 3.54. The maximum atomic E-state index is 12.9. The van der Waals surface area contributed by atoms with Crippen molar-refractivity contribution in [2.75, 3.05) is 17.2 Å². The molecule has 7 nitrogen and oxygen atoms in total. The molecule has 0 saturated heterocycles. The molecule has 0 atom stereocenters. The average molecular weight is 501 g/mol. The van der Waals surface area contributed by atoms with Gasteiger partial charge in [0.25, 0.3) is 5.91 Å². The molecule has 0 fully saturated rings. The summed E-state index contributed by atoms with van der Waals surface area (Å²) >= 11 is 0. The second-order valence-electron chi connectivity index (χ2n) is 8.25. The second kappa shape index (κ2) is 12.3. The minimum atomic E-state index is -0.586. The lowest BCUT2D eigenvalue weighted by Crippen LogP contribution is -2.21. The number of carbonyl (C=O) groups excluding carboxylic acids is 3. The van der Waals surface area contributed by atoms with Gasteiger partial charge in [0.1, 0.15) is 17.3 Å². The molecule has 0 aliphatic rings. The van der Waals surface area contributed by atoms with Gasteiger partial charge in [-0.05, 0) is 77.9 Å². The van der Waals surface area contributed by atoms with Crippen LogP contribution in [0.3, 0.4) is 0 Å². The highest BCUT2D eigenvalue weighted by Gasteiger charge is 2.10. The van der Waals surface area contributed by atoms with Crippen LogP contribution in [0.5, 0.6) is 11.5 Å². The van der Waals surface area contributed by atoms with Crippen molar-refractivity contribution in [3.05, 3.63) is 96.8 Å². The van der Waals surface area contributed by atoms with Gasteiger partial charge in [0.05, 0.1) is 0 Å². The Balaban J connectivity index is 1.14. The van der Waals surface area contributed by atoms with Crippen LogP contribution in [0.2, 0.25) is 0 Å². The molecule has 2 N–H and O–H groups in total. The highest BCUT2D eigenvalue weighted by Crippen LogP contribution is 2.26. The number of ether oxygens (including phenoxy) is 2. The van der Waals surface area contributed by atoms with Crippen molar-refractivity contribution in [3.8, 4) is 11.5 Å². The molecule has 4 aromatic rings. The Hall–Kier alpha value is -4.72. The zero-order chi connectivity index (χ0) is 26.0. The smallest absolute Gasteiger partial charge is 0.306 e. The van der Waals surface area contributed by atoms with Gasteiger partial charge in [0, 0.05) is 24.2 Å². The maximum Gasteiger partial charge on any atom is 0.306 e. The Morgan fingerprint density at radius 2 is 1.30 bits per heavy atom. The summed E-state index contributed by atoms with van der Waals surface area (Å²) in [6, 6.07) is 26.1. The first kappa shape index (κ1) is 25.4. The van der Waals surface area contributed by atoms with E-state index in [1.54, 1.807) is 24.3 Å². The van der Waals surface area contributed by atoms with Crippen molar-refractivity contribution in [1.82, 2.24) is 0 Å². The lowest BCUT2D eigenvalue weighted by Gasteiger charge is -2.09. The van der Waals surface area contributed by atoms with Crippen LogP contribution in [0.15, 0.2) is 91.0 Å². The molecule has 0 radical (unpaired) electrons. The van der Waals surface area contributed by atoms with Gasteiger partial charge >= 0.3 is 5.97 Å². The summed E-state index contributed by atoms with van der Waals surface area (Å²) in [7, 11) is 0. The Morgan fingerprint density at radius 3 is 2.03 bits per heavy atom. The zero-order valence-electron chi connectivity index (χ0n) is 19.9. The molecule has 0 bridgehead atoms. The summed E-state index contributed by atoms with van der Waals surface area (Å²) in [4.78, 5) is 35.9. The Kier molecular flexibility index (Phi) is 8.44. The molecule has 0 aliphatic heterocycles. The quantitative estimate of drug-likeness (QED) is 0.258. The van der Waals surface area contributed by atoms with E-state index in [0.29, 0.717) is 17.1 Å². The first-order valence-electron chi connectivity index (χ1n) is 11.7. The van der Waals surface area contributed by atoms with E-state index in [1.165, 1.54) is 24.3 Å². The molecule has 2 amide bonds. The van der Waals surface area contributed by atoms with Crippen LogP contribution in [0.25, 0.3) is 10.8 Å². The van der Waals surface area contributed by atoms with E-state index in [9.17, 15) is 18.8 Å². The fourth-order valence-electron chi connectivity index (χ4n) is 3.54. The number of amides is 2. The molecule has 4 aromatic carbocycles. The summed E-state index contributed by atoms with van der Waals surface area (Å²) in [5.41, 5.74) is 1.00. The second-order valence-corrected chi connectivity index (χ2v) is 8.25. The molecule has 188 valence electrons. The number of hydrogen-bond acceptors (Lipinski definition) is 5. The Labute approximate surface area is 213 Å². The number of halogens is 1. The standard InChI is InChI=1S/C29H25FN2O5/c30-22-9-11-23(12-10-22)32-28(34)19-36-29(35)7-3-6-27(33)31-24-13-16-25(17-14-24)37-26-15-8-20-4-1-2-5-21(20)18-26/h1-2,4-5,8-18H,3,6-7,19H2,(H,31,33)(H,32,34). The summed E-state index contributed by atoms with van der Waals surface area (Å²) in [6.07, 6.45) is 0.384. The Morgan fingerprint density at radius 1 is 0.676 bits per heavy atom. The number of carbonyl (C=O) groups is 3. The molecule has 37 heavy (non-hydrogen) atoms. The van der Waals surface area contributed by atoms with E-state index in [4.69, 9.17) is 9.47 Å². The van der Waals surface area contributed by atoms with Crippen molar-refractivity contribution < 1.29 is 28.2 Å². The summed E-state index contributed by atoms with van der Waals surface area (Å²) < 4.78 is 23.7. The topological polar surface area (TPSA) is 93.7 Å². The van der Waals surface area contributed by atoms with Gasteiger partial charge in [-0.1, -0.05) is 30.3 Å². The van der Waals surface area contributed by atoms with Crippen LogP contribution >= 0.6 is 0 Å². The lowest BCUT2D eigenvalue weighted by atomic mass is 10.1. The first-order chi connectivity index (χ1) is 17.9. The molecule has 8 heteroatoms. The highest BCUT2D eigenvalue weighted by molar-refractivity contribution is 5.93. The molecule has 0 aromatic heterocycles. The minimum Gasteiger partial charge on any atom is -0.457 e. The molecule has 0 unspecified atom stereocenters. The Bertz CT molecular complexity index is 1390. The number of rotatable bonds is 10. The largest absolute Gasteiger partial charge is 0.457 e. The monoisotopic (exact) mass is 500 g/mol. The van der Waals surface area contributed by atoms with E-state index < -0.39 is 24.3 Å². The highest BCUT2D eigenvalue weighted by atomic mass is 19.1. The van der Waals surface area contributed by atoms with Crippen molar-refractivity contribution in [3.63, 3.8) is 0 Å². The van der Waals surface area contributed by atoms with Crippen LogP contribution in [0, 0.1) is 5.82 Å². The predicted molar refractivity (Wildman–Crippen MR) is 139 cm³/mol. The van der Waals surface area contributed by atoms with Gasteiger partial charge in [0.15, 0.2) is 6.61 Å². The number of fused-ring (bicyclic) bond motifs is 1. The molecular weight excluding hydrogens is 475 g/mol. The van der Waals surface area contributed by atoms with E-state index >= 15 is 0 Å². The van der Waals surface area contributed by atoms with Crippen LogP contribution in [-0.2, 0) is 19.1 Å². The van der Waals surface area contributed by atoms with E-state index in [2.05, 4.69) is 10.6 Å². The molecule has 0 spiro atoms. The third-order valence-electron chi connectivity index (χ3n) is 5.37. The van der Waals surface area contributed by atoms with Crippen molar-refractivity contribution in [1.29, 1.82) is 0 Å². The van der Waals surface area contributed by atoms with Crippen LogP contribution in [0.1, 0.15) is 19.3 Å². The van der Waals surface area contributed by atoms with Crippen LogP contribution < -0.4 is 15.4 Å². The average Bonchev–Trinajstić information content (AvgIpc) is 2.90. The van der Waals surface area contributed by atoms with Gasteiger partial charge in [-0.15, -0.1) is 0 Å². The third kappa shape index (κ3) is 7.90.